The zero-order chi connectivity index (χ0) is 17.5. The van der Waals surface area contributed by atoms with E-state index in [4.69, 9.17) is 5.73 Å². The van der Waals surface area contributed by atoms with Crippen molar-refractivity contribution in [1.82, 2.24) is 10.6 Å². The molecule has 0 spiro atoms. The lowest BCUT2D eigenvalue weighted by molar-refractivity contribution is 0.100. The fraction of sp³-hybridized carbons (Fsp3) is 0.222. The van der Waals surface area contributed by atoms with Gasteiger partial charge in [0.05, 0.1) is 0 Å². The molecule has 134 valence electrons. The Hall–Kier alpha value is -2.16. The summed E-state index contributed by atoms with van der Waals surface area (Å²) in [5.41, 5.74) is 8.14. The Bertz CT molecular complexity index is 747. The number of nitrogens with zero attached hydrogens (tertiary/aromatic N) is 1. The lowest BCUT2D eigenvalue weighted by atomic mass is 10.1. The predicted molar refractivity (Wildman–Crippen MR) is 109 cm³/mol. The molecule has 0 atom stereocenters. The van der Waals surface area contributed by atoms with Gasteiger partial charge in [-0.3, -0.25) is 9.79 Å². The minimum absolute atomic E-state index is 0. The van der Waals surface area contributed by atoms with Gasteiger partial charge in [-0.1, -0.05) is 24.3 Å². The fourth-order valence-electron chi connectivity index (χ4n) is 2.13. The number of primary amides is 1. The van der Waals surface area contributed by atoms with Crippen LogP contribution in [0.25, 0.3) is 0 Å². The first-order chi connectivity index (χ1) is 11.5. The first-order valence-corrected chi connectivity index (χ1v) is 7.58. The summed E-state index contributed by atoms with van der Waals surface area (Å²) < 4.78 is 13.5. The molecular formula is C18H22FIN4O. The molecular weight excluding hydrogens is 434 g/mol. The van der Waals surface area contributed by atoms with Gasteiger partial charge >= 0.3 is 0 Å². The Morgan fingerprint density at radius 3 is 2.16 bits per heavy atom. The van der Waals surface area contributed by atoms with Crippen LogP contribution in [0.5, 0.6) is 0 Å². The molecule has 0 bridgehead atoms. The van der Waals surface area contributed by atoms with Gasteiger partial charge in [-0.25, -0.2) is 4.39 Å². The molecule has 0 radical (unpaired) electrons. The van der Waals surface area contributed by atoms with E-state index in [1.54, 1.807) is 32.2 Å². The second-order valence-electron chi connectivity index (χ2n) is 5.42. The van der Waals surface area contributed by atoms with Crippen LogP contribution in [0.15, 0.2) is 47.5 Å². The highest BCUT2D eigenvalue weighted by Gasteiger charge is 2.03. The molecule has 0 unspecified atom stereocenters. The number of aryl methyl sites for hydroxylation is 1. The van der Waals surface area contributed by atoms with Gasteiger partial charge in [-0.05, 0) is 41.8 Å². The quantitative estimate of drug-likeness (QED) is 0.368. The number of hydrogen-bond acceptors (Lipinski definition) is 2. The molecule has 0 saturated heterocycles. The Balaban J connectivity index is 0.00000312. The van der Waals surface area contributed by atoms with E-state index < -0.39 is 5.91 Å². The number of benzene rings is 2. The Labute approximate surface area is 163 Å². The van der Waals surface area contributed by atoms with Crippen molar-refractivity contribution in [2.45, 2.75) is 20.0 Å². The maximum absolute atomic E-state index is 13.5. The highest BCUT2D eigenvalue weighted by Crippen LogP contribution is 2.09. The van der Waals surface area contributed by atoms with Crippen molar-refractivity contribution in [1.29, 1.82) is 0 Å². The van der Waals surface area contributed by atoms with Gasteiger partial charge in [0.15, 0.2) is 5.96 Å². The zero-order valence-electron chi connectivity index (χ0n) is 14.2. The van der Waals surface area contributed by atoms with E-state index in [9.17, 15) is 9.18 Å². The van der Waals surface area contributed by atoms with Gasteiger partial charge in [0.25, 0.3) is 0 Å². The van der Waals surface area contributed by atoms with E-state index in [1.807, 2.05) is 18.2 Å². The molecule has 25 heavy (non-hydrogen) atoms. The predicted octanol–water partition coefficient (Wildman–Crippen LogP) is 2.72. The zero-order valence-corrected chi connectivity index (χ0v) is 16.5. The summed E-state index contributed by atoms with van der Waals surface area (Å²) in [6.07, 6.45) is 0. The van der Waals surface area contributed by atoms with Crippen LogP contribution in [0, 0.1) is 12.7 Å². The van der Waals surface area contributed by atoms with Gasteiger partial charge in [0.1, 0.15) is 5.82 Å². The number of guanidine groups is 1. The van der Waals surface area contributed by atoms with E-state index in [2.05, 4.69) is 15.6 Å². The van der Waals surface area contributed by atoms with Crippen molar-refractivity contribution in [2.24, 2.45) is 10.7 Å². The van der Waals surface area contributed by atoms with Gasteiger partial charge in [0.2, 0.25) is 5.91 Å². The summed E-state index contributed by atoms with van der Waals surface area (Å²) in [6, 6.07) is 12.2. The third-order valence-electron chi connectivity index (χ3n) is 3.62. The molecule has 7 heteroatoms. The maximum Gasteiger partial charge on any atom is 0.248 e. The van der Waals surface area contributed by atoms with E-state index in [-0.39, 0.29) is 29.8 Å². The second-order valence-corrected chi connectivity index (χ2v) is 5.42. The lowest BCUT2D eigenvalue weighted by Crippen LogP contribution is -2.36. The van der Waals surface area contributed by atoms with Crippen LogP contribution in [0.4, 0.5) is 4.39 Å². The second kappa shape index (κ2) is 9.97. The first kappa shape index (κ1) is 20.9. The van der Waals surface area contributed by atoms with Crippen LogP contribution in [0.3, 0.4) is 0 Å². The molecule has 5 nitrogen and oxygen atoms in total. The van der Waals surface area contributed by atoms with Crippen LogP contribution in [0.2, 0.25) is 0 Å². The summed E-state index contributed by atoms with van der Waals surface area (Å²) in [5, 5.41) is 6.29. The normalized spacial score (nSPS) is 10.8. The molecule has 2 aromatic carbocycles. The minimum atomic E-state index is -0.447. The number of nitrogens with one attached hydrogen (secondary N) is 2. The number of halogens is 2. The summed E-state index contributed by atoms with van der Waals surface area (Å²) in [6.45, 7) is 2.75. The highest BCUT2D eigenvalue weighted by molar-refractivity contribution is 14.0. The number of carbonyl (C=O) groups excluding carboxylic acids is 1. The summed E-state index contributed by atoms with van der Waals surface area (Å²) in [7, 11) is 1.67. The highest BCUT2D eigenvalue weighted by atomic mass is 127. The standard InChI is InChI=1S/C18H21FN4O.HI/c1-12-3-4-14(9-16(12)19)11-23-18(21-2)22-10-13-5-7-15(8-6-13)17(20)24;/h3-9H,10-11H2,1-2H3,(H2,20,24)(H2,21,22,23);1H. The monoisotopic (exact) mass is 456 g/mol. The van der Waals surface area contributed by atoms with Crippen LogP contribution >= 0.6 is 24.0 Å². The van der Waals surface area contributed by atoms with Gasteiger partial charge in [-0.15, -0.1) is 24.0 Å². The average Bonchev–Trinajstić information content (AvgIpc) is 2.58. The third-order valence-corrected chi connectivity index (χ3v) is 3.62. The maximum atomic E-state index is 13.5. The van der Waals surface area contributed by atoms with Crippen molar-refractivity contribution < 1.29 is 9.18 Å². The molecule has 0 heterocycles. The average molecular weight is 456 g/mol. The molecule has 2 rings (SSSR count). The number of amides is 1. The van der Waals surface area contributed by atoms with E-state index in [0.717, 1.165) is 11.1 Å². The molecule has 0 aliphatic rings. The molecule has 0 fully saturated rings. The summed E-state index contributed by atoms with van der Waals surface area (Å²) in [4.78, 5) is 15.2. The van der Waals surface area contributed by atoms with Gasteiger partial charge < -0.3 is 16.4 Å². The smallest absolute Gasteiger partial charge is 0.248 e. The van der Waals surface area contributed by atoms with E-state index in [0.29, 0.717) is 30.2 Å². The molecule has 4 N–H and O–H groups in total. The fourth-order valence-corrected chi connectivity index (χ4v) is 2.13. The molecule has 0 aromatic heterocycles. The van der Waals surface area contributed by atoms with E-state index in [1.165, 1.54) is 6.07 Å². The minimum Gasteiger partial charge on any atom is -0.366 e. The molecule has 0 aliphatic carbocycles. The van der Waals surface area contributed by atoms with Crippen LogP contribution < -0.4 is 16.4 Å². The van der Waals surface area contributed by atoms with Crippen molar-refractivity contribution in [3.05, 3.63) is 70.5 Å². The third kappa shape index (κ3) is 6.33. The topological polar surface area (TPSA) is 79.5 Å². The van der Waals surface area contributed by atoms with Crippen LogP contribution in [-0.4, -0.2) is 18.9 Å². The van der Waals surface area contributed by atoms with Gasteiger partial charge in [-0.2, -0.15) is 0 Å². The first-order valence-electron chi connectivity index (χ1n) is 7.58. The molecule has 0 saturated carbocycles. The van der Waals surface area contributed by atoms with Crippen molar-refractivity contribution >= 4 is 35.8 Å². The molecule has 1 amide bonds. The van der Waals surface area contributed by atoms with Crippen molar-refractivity contribution in [3.63, 3.8) is 0 Å². The Morgan fingerprint density at radius 2 is 1.64 bits per heavy atom. The summed E-state index contributed by atoms with van der Waals surface area (Å²) >= 11 is 0. The molecule has 0 aliphatic heterocycles. The number of hydrogen-bond donors (Lipinski definition) is 3. The SMILES string of the molecule is CN=C(NCc1ccc(C(N)=O)cc1)NCc1ccc(C)c(F)c1.I. The number of aliphatic imine (C=N–C) groups is 1. The summed E-state index contributed by atoms with van der Waals surface area (Å²) in [5.74, 6) is -0.0564. The Kier molecular flexibility index (Phi) is 8.33. The lowest BCUT2D eigenvalue weighted by Gasteiger charge is -2.12. The van der Waals surface area contributed by atoms with Gasteiger partial charge in [0, 0.05) is 25.7 Å². The van der Waals surface area contributed by atoms with E-state index >= 15 is 0 Å². The van der Waals surface area contributed by atoms with Crippen molar-refractivity contribution in [3.8, 4) is 0 Å². The number of rotatable bonds is 5. The van der Waals surface area contributed by atoms with Crippen LogP contribution in [-0.2, 0) is 13.1 Å². The van der Waals surface area contributed by atoms with Crippen LogP contribution in [0.1, 0.15) is 27.0 Å². The number of carbonyl (C=O) groups is 1. The Morgan fingerprint density at radius 1 is 1.08 bits per heavy atom. The number of nitrogens with two attached hydrogens (primary N) is 1. The van der Waals surface area contributed by atoms with Crippen molar-refractivity contribution in [2.75, 3.05) is 7.05 Å². The molecule has 2 aromatic rings. The largest absolute Gasteiger partial charge is 0.366 e.